The molecule has 116 valence electrons. The number of benzene rings is 1. The molecule has 1 aromatic heterocycles. The summed E-state index contributed by atoms with van der Waals surface area (Å²) in [4.78, 5) is 23.1. The number of hydrogen-bond donors (Lipinski definition) is 3. The quantitative estimate of drug-likeness (QED) is 0.700. The zero-order chi connectivity index (χ0) is 15.9. The summed E-state index contributed by atoms with van der Waals surface area (Å²) >= 11 is 3.30. The maximum atomic E-state index is 11.9. The minimum atomic E-state index is -1.09. The number of rotatable bonds is 7. The molecule has 0 fully saturated rings. The Hall–Kier alpha value is -2.12. The summed E-state index contributed by atoms with van der Waals surface area (Å²) in [6.45, 7) is 0.246. The second-order valence-electron chi connectivity index (χ2n) is 4.61. The van der Waals surface area contributed by atoms with Crippen molar-refractivity contribution in [2.24, 2.45) is 0 Å². The van der Waals surface area contributed by atoms with Crippen LogP contribution in [0.2, 0.25) is 0 Å². The van der Waals surface area contributed by atoms with Gasteiger partial charge in [-0.2, -0.15) is 0 Å². The van der Waals surface area contributed by atoms with Crippen molar-refractivity contribution in [1.82, 2.24) is 5.32 Å². The van der Waals surface area contributed by atoms with E-state index in [1.165, 1.54) is 6.26 Å². The zero-order valence-corrected chi connectivity index (χ0v) is 13.2. The number of halogens is 1. The normalized spacial score (nSPS) is 11.9. The van der Waals surface area contributed by atoms with Gasteiger partial charge in [0.25, 0.3) is 0 Å². The lowest BCUT2D eigenvalue weighted by atomic mass is 10.2. The first-order chi connectivity index (χ1) is 10.5. The first kappa shape index (κ1) is 16.3. The number of amides is 1. The summed E-state index contributed by atoms with van der Waals surface area (Å²) in [7, 11) is 0. The number of aliphatic carboxylic acids is 1. The maximum absolute atomic E-state index is 11.9. The molecule has 0 saturated heterocycles. The Balaban J connectivity index is 1.88. The Morgan fingerprint density at radius 2 is 1.95 bits per heavy atom. The topological polar surface area (TPSA) is 91.6 Å². The average molecular weight is 367 g/mol. The van der Waals surface area contributed by atoms with Crippen LogP contribution in [0.1, 0.15) is 12.2 Å². The third kappa shape index (κ3) is 5.01. The molecule has 0 bridgehead atoms. The number of nitrogens with one attached hydrogen (secondary N) is 2. The summed E-state index contributed by atoms with van der Waals surface area (Å²) < 4.78 is 6.01. The molecule has 0 radical (unpaired) electrons. The van der Waals surface area contributed by atoms with Crippen molar-refractivity contribution in [2.75, 3.05) is 5.32 Å². The first-order valence-corrected chi connectivity index (χ1v) is 7.38. The average Bonchev–Trinajstić information content (AvgIpc) is 2.99. The molecule has 2 aromatic rings. The number of carboxylic acids is 1. The summed E-state index contributed by atoms with van der Waals surface area (Å²) in [5.41, 5.74) is 0.614. The second-order valence-corrected chi connectivity index (χ2v) is 5.53. The number of furan rings is 1. The highest BCUT2D eigenvalue weighted by Gasteiger charge is 2.21. The minimum absolute atomic E-state index is 0.174. The molecular weight excluding hydrogens is 352 g/mol. The monoisotopic (exact) mass is 366 g/mol. The minimum Gasteiger partial charge on any atom is -0.480 e. The van der Waals surface area contributed by atoms with Gasteiger partial charge in [0.1, 0.15) is 11.8 Å². The molecule has 0 aliphatic heterocycles. The van der Waals surface area contributed by atoms with Gasteiger partial charge in [0, 0.05) is 10.2 Å². The number of carboxylic acid groups (broad SMARTS) is 1. The third-order valence-electron chi connectivity index (χ3n) is 2.92. The van der Waals surface area contributed by atoms with Crippen molar-refractivity contribution in [3.63, 3.8) is 0 Å². The van der Waals surface area contributed by atoms with E-state index in [2.05, 4.69) is 26.6 Å². The number of carbonyl (C=O) groups is 2. The molecular formula is C15H15BrN2O4. The van der Waals surface area contributed by atoms with Crippen molar-refractivity contribution in [1.29, 1.82) is 0 Å². The molecule has 0 saturated carbocycles. The molecule has 6 nitrogen and oxygen atoms in total. The Morgan fingerprint density at radius 3 is 2.55 bits per heavy atom. The van der Waals surface area contributed by atoms with Crippen LogP contribution in [-0.2, 0) is 16.1 Å². The summed E-state index contributed by atoms with van der Waals surface area (Å²) in [5, 5.41) is 14.6. The standard InChI is InChI=1S/C15H15BrN2O4/c16-10-3-5-11(6-4-10)18-14(19)8-13(15(20)21)17-9-12-2-1-7-22-12/h1-7,13,17H,8-9H2,(H,18,19)(H,20,21). The fourth-order valence-corrected chi connectivity index (χ4v) is 2.08. The van der Waals surface area contributed by atoms with Crippen molar-refractivity contribution in [3.05, 3.63) is 52.9 Å². The van der Waals surface area contributed by atoms with E-state index in [1.807, 2.05) is 0 Å². The molecule has 0 aliphatic rings. The van der Waals surface area contributed by atoms with E-state index >= 15 is 0 Å². The van der Waals surface area contributed by atoms with Crippen LogP contribution in [0, 0.1) is 0 Å². The van der Waals surface area contributed by atoms with Gasteiger partial charge in [-0.3, -0.25) is 14.9 Å². The lowest BCUT2D eigenvalue weighted by Gasteiger charge is -2.13. The first-order valence-electron chi connectivity index (χ1n) is 6.58. The van der Waals surface area contributed by atoms with Crippen LogP contribution in [0.25, 0.3) is 0 Å². The van der Waals surface area contributed by atoms with Crippen molar-refractivity contribution < 1.29 is 19.1 Å². The predicted molar refractivity (Wildman–Crippen MR) is 84.4 cm³/mol. The van der Waals surface area contributed by atoms with Crippen LogP contribution < -0.4 is 10.6 Å². The van der Waals surface area contributed by atoms with Gasteiger partial charge in [0.15, 0.2) is 0 Å². The van der Waals surface area contributed by atoms with Gasteiger partial charge in [-0.1, -0.05) is 15.9 Å². The van der Waals surface area contributed by atoms with Crippen molar-refractivity contribution in [2.45, 2.75) is 19.0 Å². The molecule has 2 rings (SSSR count). The van der Waals surface area contributed by atoms with Gasteiger partial charge in [-0.15, -0.1) is 0 Å². The molecule has 0 spiro atoms. The lowest BCUT2D eigenvalue weighted by molar-refractivity contribution is -0.141. The largest absolute Gasteiger partial charge is 0.480 e. The number of carbonyl (C=O) groups excluding carboxylic acids is 1. The van der Waals surface area contributed by atoms with Crippen LogP contribution in [-0.4, -0.2) is 23.0 Å². The highest BCUT2D eigenvalue weighted by atomic mass is 79.9. The highest BCUT2D eigenvalue weighted by Crippen LogP contribution is 2.14. The van der Waals surface area contributed by atoms with Crippen LogP contribution in [0.5, 0.6) is 0 Å². The Bertz CT molecular complexity index is 626. The van der Waals surface area contributed by atoms with E-state index in [4.69, 9.17) is 4.42 Å². The van der Waals surface area contributed by atoms with E-state index in [-0.39, 0.29) is 18.9 Å². The van der Waals surface area contributed by atoms with Crippen LogP contribution in [0.15, 0.2) is 51.6 Å². The fourth-order valence-electron chi connectivity index (χ4n) is 1.81. The number of anilines is 1. The smallest absolute Gasteiger partial charge is 0.321 e. The van der Waals surface area contributed by atoms with Crippen LogP contribution >= 0.6 is 15.9 Å². The molecule has 0 aliphatic carbocycles. The summed E-state index contributed by atoms with van der Waals surface area (Å²) in [6.07, 6.45) is 1.33. The SMILES string of the molecule is O=C(CC(NCc1ccco1)C(=O)O)Nc1ccc(Br)cc1. The Morgan fingerprint density at radius 1 is 1.23 bits per heavy atom. The van der Waals surface area contributed by atoms with E-state index in [1.54, 1.807) is 36.4 Å². The van der Waals surface area contributed by atoms with E-state index in [9.17, 15) is 14.7 Å². The molecule has 1 aromatic carbocycles. The van der Waals surface area contributed by atoms with Gasteiger partial charge in [0.05, 0.1) is 19.2 Å². The second kappa shape index (κ2) is 7.77. The van der Waals surface area contributed by atoms with Gasteiger partial charge < -0.3 is 14.8 Å². The zero-order valence-electron chi connectivity index (χ0n) is 11.6. The van der Waals surface area contributed by atoms with E-state index in [0.29, 0.717) is 11.4 Å². The fraction of sp³-hybridized carbons (Fsp3) is 0.200. The van der Waals surface area contributed by atoms with Crippen LogP contribution in [0.4, 0.5) is 5.69 Å². The van der Waals surface area contributed by atoms with Crippen molar-refractivity contribution in [3.8, 4) is 0 Å². The number of hydrogen-bond acceptors (Lipinski definition) is 4. The van der Waals surface area contributed by atoms with Gasteiger partial charge >= 0.3 is 5.97 Å². The highest BCUT2D eigenvalue weighted by molar-refractivity contribution is 9.10. The molecule has 1 amide bonds. The molecule has 1 heterocycles. The van der Waals surface area contributed by atoms with Crippen molar-refractivity contribution >= 4 is 33.5 Å². The van der Waals surface area contributed by atoms with Gasteiger partial charge in [0.2, 0.25) is 5.91 Å². The molecule has 7 heteroatoms. The molecule has 22 heavy (non-hydrogen) atoms. The third-order valence-corrected chi connectivity index (χ3v) is 3.45. The van der Waals surface area contributed by atoms with Crippen LogP contribution in [0.3, 0.4) is 0 Å². The maximum Gasteiger partial charge on any atom is 0.321 e. The molecule has 3 N–H and O–H groups in total. The summed E-state index contributed by atoms with van der Waals surface area (Å²) in [6, 6.07) is 9.50. The molecule has 1 unspecified atom stereocenters. The lowest BCUT2D eigenvalue weighted by Crippen LogP contribution is -2.39. The van der Waals surface area contributed by atoms with Gasteiger partial charge in [-0.25, -0.2) is 0 Å². The predicted octanol–water partition coefficient (Wildman–Crippen LogP) is 2.61. The Labute approximate surface area is 135 Å². The summed E-state index contributed by atoms with van der Waals surface area (Å²) in [5.74, 6) is -0.848. The van der Waals surface area contributed by atoms with Gasteiger partial charge in [-0.05, 0) is 36.4 Å². The van der Waals surface area contributed by atoms with E-state index < -0.39 is 12.0 Å². The molecule has 1 atom stereocenters. The van der Waals surface area contributed by atoms with E-state index in [0.717, 1.165) is 4.47 Å². The Kier molecular flexibility index (Phi) is 5.74.